The zero-order valence-electron chi connectivity index (χ0n) is 8.33. The van der Waals surface area contributed by atoms with Gasteiger partial charge in [-0.1, -0.05) is 0 Å². The quantitative estimate of drug-likeness (QED) is 0.753. The molecule has 0 aliphatic carbocycles. The van der Waals surface area contributed by atoms with Gasteiger partial charge < -0.3 is 14.5 Å². The lowest BCUT2D eigenvalue weighted by molar-refractivity contribution is 0.116. The molecule has 1 unspecified atom stereocenters. The highest BCUT2D eigenvalue weighted by atomic mass is 16.5. The molecule has 0 saturated carbocycles. The summed E-state index contributed by atoms with van der Waals surface area (Å²) in [6.45, 7) is 5.14. The van der Waals surface area contributed by atoms with E-state index in [1.165, 1.54) is 0 Å². The van der Waals surface area contributed by atoms with Gasteiger partial charge >= 0.3 is 0 Å². The van der Waals surface area contributed by atoms with Crippen molar-refractivity contribution in [3.8, 4) is 0 Å². The van der Waals surface area contributed by atoms with Crippen molar-refractivity contribution in [2.45, 2.75) is 26.5 Å². The first kappa shape index (κ1) is 10.2. The van der Waals surface area contributed by atoms with Crippen molar-refractivity contribution < 1.29 is 9.15 Å². The van der Waals surface area contributed by atoms with Crippen LogP contribution in [0, 0.1) is 0 Å². The average Bonchev–Trinajstić information content (AvgIpc) is 2.62. The molecule has 1 heterocycles. The number of nitrogens with zero attached hydrogens (tertiary/aromatic N) is 1. The van der Waals surface area contributed by atoms with Crippen LogP contribution in [0.4, 0.5) is 0 Å². The van der Waals surface area contributed by atoms with Gasteiger partial charge in [0.1, 0.15) is 12.4 Å². The molecule has 0 fully saturated rings. The third kappa shape index (κ3) is 2.82. The molecule has 0 bridgehead atoms. The van der Waals surface area contributed by atoms with Crippen LogP contribution in [0.15, 0.2) is 10.6 Å². The minimum Gasteiger partial charge on any atom is -0.442 e. The highest BCUT2D eigenvalue weighted by molar-refractivity contribution is 4.95. The van der Waals surface area contributed by atoms with Crippen LogP contribution in [-0.2, 0) is 11.3 Å². The van der Waals surface area contributed by atoms with Crippen LogP contribution in [0.25, 0.3) is 0 Å². The molecule has 4 nitrogen and oxygen atoms in total. The van der Waals surface area contributed by atoms with Gasteiger partial charge in [-0.3, -0.25) is 0 Å². The van der Waals surface area contributed by atoms with E-state index in [0.717, 1.165) is 5.76 Å². The molecule has 0 aromatic carbocycles. The number of nitrogens with one attached hydrogen (secondary N) is 1. The summed E-state index contributed by atoms with van der Waals surface area (Å²) in [4.78, 5) is 4.13. The summed E-state index contributed by atoms with van der Waals surface area (Å²) < 4.78 is 10.6. The van der Waals surface area contributed by atoms with Crippen molar-refractivity contribution in [1.29, 1.82) is 0 Å². The van der Waals surface area contributed by atoms with Crippen LogP contribution in [0.1, 0.15) is 31.5 Å². The van der Waals surface area contributed by atoms with Crippen molar-refractivity contribution in [3.63, 3.8) is 0 Å². The second-order valence-corrected chi connectivity index (χ2v) is 2.81. The second kappa shape index (κ2) is 4.99. The fourth-order valence-electron chi connectivity index (χ4n) is 0.916. The van der Waals surface area contributed by atoms with Crippen molar-refractivity contribution in [2.24, 2.45) is 0 Å². The Labute approximate surface area is 78.3 Å². The molecule has 1 aromatic heterocycles. The zero-order chi connectivity index (χ0) is 9.68. The fourth-order valence-corrected chi connectivity index (χ4v) is 0.916. The molecule has 13 heavy (non-hydrogen) atoms. The van der Waals surface area contributed by atoms with Gasteiger partial charge in [0.2, 0.25) is 5.89 Å². The predicted molar refractivity (Wildman–Crippen MR) is 49.3 cm³/mol. The second-order valence-electron chi connectivity index (χ2n) is 2.81. The molecule has 4 heteroatoms. The molecule has 0 aliphatic rings. The summed E-state index contributed by atoms with van der Waals surface area (Å²) in [5.41, 5.74) is 0. The number of hydrogen-bond acceptors (Lipinski definition) is 4. The lowest BCUT2D eigenvalue weighted by Gasteiger charge is -2.03. The van der Waals surface area contributed by atoms with Crippen molar-refractivity contribution in [2.75, 3.05) is 13.7 Å². The smallest absolute Gasteiger partial charge is 0.211 e. The Kier molecular flexibility index (Phi) is 3.92. The van der Waals surface area contributed by atoms with E-state index in [1.807, 2.05) is 20.9 Å². The van der Waals surface area contributed by atoms with Gasteiger partial charge in [-0.15, -0.1) is 0 Å². The van der Waals surface area contributed by atoms with Crippen LogP contribution < -0.4 is 5.32 Å². The summed E-state index contributed by atoms with van der Waals surface area (Å²) in [7, 11) is 1.87. The van der Waals surface area contributed by atoms with Gasteiger partial charge in [0.15, 0.2) is 0 Å². The Hall–Kier alpha value is -0.870. The summed E-state index contributed by atoms with van der Waals surface area (Å²) in [5, 5.41) is 3.05. The average molecular weight is 184 g/mol. The summed E-state index contributed by atoms with van der Waals surface area (Å²) >= 11 is 0. The predicted octanol–water partition coefficient (Wildman–Crippen LogP) is 1.49. The Morgan fingerprint density at radius 2 is 2.46 bits per heavy atom. The van der Waals surface area contributed by atoms with E-state index in [0.29, 0.717) is 19.1 Å². The number of ether oxygens (including phenoxy) is 1. The summed E-state index contributed by atoms with van der Waals surface area (Å²) in [5.74, 6) is 1.48. The van der Waals surface area contributed by atoms with Crippen LogP contribution in [0.5, 0.6) is 0 Å². The van der Waals surface area contributed by atoms with Crippen molar-refractivity contribution in [3.05, 3.63) is 17.8 Å². The Morgan fingerprint density at radius 1 is 1.69 bits per heavy atom. The molecule has 0 radical (unpaired) electrons. The highest BCUT2D eigenvalue weighted by Gasteiger charge is 2.09. The first-order chi connectivity index (χ1) is 6.27. The lowest BCUT2D eigenvalue weighted by atomic mass is 10.3. The summed E-state index contributed by atoms with van der Waals surface area (Å²) in [6.07, 6.45) is 1.71. The van der Waals surface area contributed by atoms with Crippen LogP contribution in [0.2, 0.25) is 0 Å². The minimum atomic E-state index is 0.148. The van der Waals surface area contributed by atoms with Crippen LogP contribution in [-0.4, -0.2) is 18.6 Å². The number of hydrogen-bond donors (Lipinski definition) is 1. The number of aromatic nitrogens is 1. The molecule has 74 valence electrons. The molecule has 0 spiro atoms. The first-order valence-corrected chi connectivity index (χ1v) is 4.47. The van der Waals surface area contributed by atoms with E-state index in [1.54, 1.807) is 6.20 Å². The van der Waals surface area contributed by atoms with E-state index in [4.69, 9.17) is 9.15 Å². The van der Waals surface area contributed by atoms with E-state index in [-0.39, 0.29) is 6.04 Å². The molecule has 0 aliphatic heterocycles. The topological polar surface area (TPSA) is 47.3 Å². The largest absolute Gasteiger partial charge is 0.442 e. The molecule has 1 rings (SSSR count). The number of rotatable bonds is 5. The van der Waals surface area contributed by atoms with Crippen LogP contribution in [0.3, 0.4) is 0 Å². The summed E-state index contributed by atoms with van der Waals surface area (Å²) in [6, 6.07) is 0.148. The molecule has 1 atom stereocenters. The lowest BCUT2D eigenvalue weighted by Crippen LogP contribution is -2.12. The molecule has 0 amide bonds. The van der Waals surface area contributed by atoms with Gasteiger partial charge in [0.05, 0.1) is 12.2 Å². The fraction of sp³-hybridized carbons (Fsp3) is 0.667. The minimum absolute atomic E-state index is 0.148. The van der Waals surface area contributed by atoms with Crippen molar-refractivity contribution in [1.82, 2.24) is 10.3 Å². The number of oxazole rings is 1. The highest BCUT2D eigenvalue weighted by Crippen LogP contribution is 2.12. The van der Waals surface area contributed by atoms with Gasteiger partial charge in [-0.2, -0.15) is 0 Å². The molecule has 1 N–H and O–H groups in total. The maximum absolute atomic E-state index is 5.44. The molecule has 1 aromatic rings. The third-order valence-corrected chi connectivity index (χ3v) is 1.82. The first-order valence-electron chi connectivity index (χ1n) is 4.47. The van der Waals surface area contributed by atoms with Gasteiger partial charge in [-0.05, 0) is 20.9 Å². The normalized spacial score (nSPS) is 13.2. The van der Waals surface area contributed by atoms with Crippen molar-refractivity contribution >= 4 is 0 Å². The third-order valence-electron chi connectivity index (χ3n) is 1.82. The van der Waals surface area contributed by atoms with E-state index in [9.17, 15) is 0 Å². The van der Waals surface area contributed by atoms with E-state index >= 15 is 0 Å². The molecular formula is C9H16N2O2. The van der Waals surface area contributed by atoms with E-state index in [2.05, 4.69) is 10.3 Å². The maximum atomic E-state index is 5.44. The van der Waals surface area contributed by atoms with Gasteiger partial charge in [-0.25, -0.2) is 4.98 Å². The van der Waals surface area contributed by atoms with E-state index < -0.39 is 0 Å². The monoisotopic (exact) mass is 184 g/mol. The Bertz CT molecular complexity index is 248. The van der Waals surface area contributed by atoms with Crippen LogP contribution >= 0.6 is 0 Å². The molecule has 0 saturated heterocycles. The maximum Gasteiger partial charge on any atom is 0.211 e. The standard InChI is InChI=1S/C9H16N2O2/c1-4-12-6-8-5-11-9(13-8)7(2)10-3/h5,7,10H,4,6H2,1-3H3. The van der Waals surface area contributed by atoms with Gasteiger partial charge in [0.25, 0.3) is 0 Å². The SMILES string of the molecule is CCOCc1cnc(C(C)NC)o1. The van der Waals surface area contributed by atoms with Gasteiger partial charge in [0, 0.05) is 6.61 Å². The molecular weight excluding hydrogens is 168 g/mol. The zero-order valence-corrected chi connectivity index (χ0v) is 8.33. The Balaban J connectivity index is 2.53. The Morgan fingerprint density at radius 3 is 3.08 bits per heavy atom.